The molecule has 0 amide bonds. The number of carbonyl (C=O) groups excluding carboxylic acids is 1. The third-order valence-electron chi connectivity index (χ3n) is 5.37. The number of ether oxygens (including phenoxy) is 1. The van der Waals surface area contributed by atoms with E-state index in [9.17, 15) is 4.79 Å². The van der Waals surface area contributed by atoms with Crippen LogP contribution in [0.5, 0.6) is 0 Å². The second-order valence-electron chi connectivity index (χ2n) is 7.37. The molecule has 0 atom stereocenters. The number of anilines is 2. The van der Waals surface area contributed by atoms with E-state index in [0.717, 1.165) is 33.2 Å². The van der Waals surface area contributed by atoms with Crippen LogP contribution < -0.4 is 5.32 Å². The smallest absolute Gasteiger partial charge is 0.339 e. The molecule has 5 heteroatoms. The van der Waals surface area contributed by atoms with E-state index in [-0.39, 0.29) is 5.97 Å². The monoisotopic (exact) mass is 407 g/mol. The number of nitrogens with zero attached hydrogens (tertiary/aromatic N) is 2. The first-order valence-electron chi connectivity index (χ1n) is 10.1. The van der Waals surface area contributed by atoms with Gasteiger partial charge in [-0.3, -0.25) is 4.98 Å². The Bertz CT molecular complexity index is 1400. The van der Waals surface area contributed by atoms with Gasteiger partial charge in [0.15, 0.2) is 0 Å². The van der Waals surface area contributed by atoms with Crippen LogP contribution in [0, 0.1) is 0 Å². The first-order chi connectivity index (χ1) is 15.2. The Labute approximate surface area is 179 Å². The van der Waals surface area contributed by atoms with E-state index in [1.165, 1.54) is 7.11 Å². The fraction of sp³-hybridized carbons (Fsp3) is 0.0769. The molecule has 2 aromatic heterocycles. The van der Waals surface area contributed by atoms with Gasteiger partial charge in [-0.2, -0.15) is 0 Å². The first kappa shape index (κ1) is 18.9. The van der Waals surface area contributed by atoms with Crippen LogP contribution in [0.25, 0.3) is 21.8 Å². The number of nitrogens with one attached hydrogen (secondary N) is 1. The van der Waals surface area contributed by atoms with Crippen molar-refractivity contribution in [1.29, 1.82) is 0 Å². The van der Waals surface area contributed by atoms with Crippen molar-refractivity contribution < 1.29 is 9.53 Å². The molecule has 31 heavy (non-hydrogen) atoms. The molecule has 0 saturated heterocycles. The molecule has 2 heterocycles. The van der Waals surface area contributed by atoms with Crippen LogP contribution >= 0.6 is 0 Å². The van der Waals surface area contributed by atoms with Crippen molar-refractivity contribution in [3.8, 4) is 0 Å². The summed E-state index contributed by atoms with van der Waals surface area (Å²) in [5, 5.41) is 5.59. The lowest BCUT2D eigenvalue weighted by atomic mass is 10.1. The third-order valence-corrected chi connectivity index (χ3v) is 5.37. The molecule has 0 bridgehead atoms. The Hall–Kier alpha value is -4.12. The number of rotatable bonds is 5. The minimum absolute atomic E-state index is 0.363. The van der Waals surface area contributed by atoms with E-state index in [0.29, 0.717) is 17.8 Å². The molecule has 5 nitrogen and oxygen atoms in total. The molecule has 0 aliphatic rings. The minimum atomic E-state index is -0.363. The second-order valence-corrected chi connectivity index (χ2v) is 7.37. The van der Waals surface area contributed by atoms with Gasteiger partial charge >= 0.3 is 5.97 Å². The summed E-state index contributed by atoms with van der Waals surface area (Å²) in [6, 6.07) is 27.9. The first-order valence-corrected chi connectivity index (χ1v) is 10.1. The molecule has 0 radical (unpaired) electrons. The maximum Gasteiger partial charge on any atom is 0.339 e. The molecule has 1 N–H and O–H groups in total. The van der Waals surface area contributed by atoms with Crippen LogP contribution in [0.3, 0.4) is 0 Å². The highest BCUT2D eigenvalue weighted by Gasteiger charge is 2.12. The number of hydrogen-bond donors (Lipinski definition) is 1. The molecule has 152 valence electrons. The number of carbonyl (C=O) groups is 1. The van der Waals surface area contributed by atoms with Gasteiger partial charge < -0.3 is 14.6 Å². The van der Waals surface area contributed by atoms with Crippen LogP contribution in [-0.4, -0.2) is 22.6 Å². The van der Waals surface area contributed by atoms with Crippen molar-refractivity contribution in [2.45, 2.75) is 6.54 Å². The summed E-state index contributed by atoms with van der Waals surface area (Å²) in [7, 11) is 1.39. The second kappa shape index (κ2) is 7.95. The highest BCUT2D eigenvalue weighted by atomic mass is 16.5. The van der Waals surface area contributed by atoms with Crippen molar-refractivity contribution in [3.05, 3.63) is 102 Å². The molecule has 0 unspecified atom stereocenters. The van der Waals surface area contributed by atoms with Gasteiger partial charge in [0.1, 0.15) is 0 Å². The standard InChI is InChI=1S/C26H21N3O2/c1-31-26(30)22-7-3-5-9-24(22)27-20-12-13-25-19(16-20)14-15-29(25)17-21-11-10-18-6-2-4-8-23(18)28-21/h2-16,27H,17H2,1H3. The molecule has 5 rings (SSSR count). The molecule has 0 spiro atoms. The quantitative estimate of drug-likeness (QED) is 0.376. The van der Waals surface area contributed by atoms with Crippen LogP contribution in [-0.2, 0) is 11.3 Å². The Kier molecular flexibility index (Phi) is 4.84. The lowest BCUT2D eigenvalue weighted by molar-refractivity contribution is 0.0602. The number of aromatic nitrogens is 2. The van der Waals surface area contributed by atoms with Gasteiger partial charge in [0.2, 0.25) is 0 Å². The predicted octanol–water partition coefficient (Wildman–Crippen LogP) is 5.77. The molecular weight excluding hydrogens is 386 g/mol. The van der Waals surface area contributed by atoms with E-state index in [1.54, 1.807) is 6.07 Å². The number of esters is 1. The van der Waals surface area contributed by atoms with Crippen LogP contribution in [0.15, 0.2) is 91.1 Å². The van der Waals surface area contributed by atoms with E-state index in [4.69, 9.17) is 9.72 Å². The average molecular weight is 407 g/mol. The Morgan fingerprint density at radius 3 is 2.68 bits per heavy atom. The van der Waals surface area contributed by atoms with E-state index in [1.807, 2.05) is 42.5 Å². The molecule has 5 aromatic rings. The number of para-hydroxylation sites is 2. The van der Waals surface area contributed by atoms with E-state index >= 15 is 0 Å². The normalized spacial score (nSPS) is 11.0. The third kappa shape index (κ3) is 3.73. The highest BCUT2D eigenvalue weighted by Crippen LogP contribution is 2.26. The largest absolute Gasteiger partial charge is 0.465 e. The number of methoxy groups -OCH3 is 1. The van der Waals surface area contributed by atoms with Gasteiger partial charge in [-0.05, 0) is 48.5 Å². The van der Waals surface area contributed by atoms with Crippen LogP contribution in [0.1, 0.15) is 16.1 Å². The summed E-state index contributed by atoms with van der Waals surface area (Å²) < 4.78 is 7.08. The Morgan fingerprint density at radius 2 is 1.77 bits per heavy atom. The van der Waals surface area contributed by atoms with Gasteiger partial charge in [0, 0.05) is 28.2 Å². The summed E-state index contributed by atoms with van der Waals surface area (Å²) in [5.74, 6) is -0.363. The molecule has 0 saturated carbocycles. The molecular formula is C26H21N3O2. The van der Waals surface area contributed by atoms with Gasteiger partial charge in [0.05, 0.1) is 36.1 Å². The topological polar surface area (TPSA) is 56.1 Å². The van der Waals surface area contributed by atoms with Crippen LogP contribution in [0.2, 0.25) is 0 Å². The van der Waals surface area contributed by atoms with Gasteiger partial charge in [-0.15, -0.1) is 0 Å². The zero-order valence-corrected chi connectivity index (χ0v) is 17.1. The minimum Gasteiger partial charge on any atom is -0.465 e. The van der Waals surface area contributed by atoms with Crippen molar-refractivity contribution in [3.63, 3.8) is 0 Å². The van der Waals surface area contributed by atoms with Crippen molar-refractivity contribution in [2.75, 3.05) is 12.4 Å². The lowest BCUT2D eigenvalue weighted by Gasteiger charge is -2.11. The van der Waals surface area contributed by atoms with Crippen molar-refractivity contribution in [2.24, 2.45) is 0 Å². The Morgan fingerprint density at radius 1 is 0.935 bits per heavy atom. The Balaban J connectivity index is 1.42. The van der Waals surface area contributed by atoms with Crippen molar-refractivity contribution >= 4 is 39.1 Å². The lowest BCUT2D eigenvalue weighted by Crippen LogP contribution is -2.05. The summed E-state index contributed by atoms with van der Waals surface area (Å²) in [6.45, 7) is 0.701. The van der Waals surface area contributed by atoms with Gasteiger partial charge in [-0.1, -0.05) is 36.4 Å². The van der Waals surface area contributed by atoms with E-state index in [2.05, 4.69) is 52.5 Å². The van der Waals surface area contributed by atoms with Gasteiger partial charge in [0.25, 0.3) is 0 Å². The molecule has 0 aliphatic carbocycles. The fourth-order valence-corrected chi connectivity index (χ4v) is 3.82. The molecule has 0 aliphatic heterocycles. The highest BCUT2D eigenvalue weighted by molar-refractivity contribution is 5.97. The SMILES string of the molecule is COC(=O)c1ccccc1Nc1ccc2c(ccn2Cc2ccc3ccccc3n2)c1. The zero-order chi connectivity index (χ0) is 21.2. The fourth-order valence-electron chi connectivity index (χ4n) is 3.82. The van der Waals surface area contributed by atoms with Gasteiger partial charge in [-0.25, -0.2) is 4.79 Å². The number of benzene rings is 3. The number of fused-ring (bicyclic) bond motifs is 2. The molecule has 0 fully saturated rings. The summed E-state index contributed by atoms with van der Waals surface area (Å²) in [5.41, 5.74) is 5.28. The number of hydrogen-bond acceptors (Lipinski definition) is 4. The maximum atomic E-state index is 12.0. The van der Waals surface area contributed by atoms with Crippen molar-refractivity contribution in [1.82, 2.24) is 9.55 Å². The summed E-state index contributed by atoms with van der Waals surface area (Å²) >= 11 is 0. The van der Waals surface area contributed by atoms with E-state index < -0.39 is 0 Å². The average Bonchev–Trinajstić information content (AvgIpc) is 3.20. The number of pyridine rings is 1. The predicted molar refractivity (Wildman–Crippen MR) is 124 cm³/mol. The van der Waals surface area contributed by atoms with Crippen LogP contribution in [0.4, 0.5) is 11.4 Å². The molecule has 3 aromatic carbocycles. The summed E-state index contributed by atoms with van der Waals surface area (Å²) in [4.78, 5) is 16.8. The summed E-state index contributed by atoms with van der Waals surface area (Å²) in [6.07, 6.45) is 2.08. The maximum absolute atomic E-state index is 12.0. The zero-order valence-electron chi connectivity index (χ0n) is 17.1.